The Morgan fingerprint density at radius 3 is 2.48 bits per heavy atom. The molecule has 0 aliphatic heterocycles. The molecule has 1 atom stereocenters. The van der Waals surface area contributed by atoms with Gasteiger partial charge in [-0.1, -0.05) is 30.3 Å². The molecule has 0 aliphatic rings. The lowest BCUT2D eigenvalue weighted by Gasteiger charge is -2.14. The number of carbonyl (C=O) groups excluding carboxylic acids is 1. The molecule has 0 fully saturated rings. The van der Waals surface area contributed by atoms with Gasteiger partial charge in [0.05, 0.1) is 0 Å². The number of aliphatic carboxylic acids is 1. The van der Waals surface area contributed by atoms with E-state index in [0.29, 0.717) is 11.3 Å². The Balaban J connectivity index is 2.27. The molecule has 0 spiro atoms. The Kier molecular flexibility index (Phi) is 4.18. The van der Waals surface area contributed by atoms with Crippen LogP contribution in [0.25, 0.3) is 0 Å². The van der Waals surface area contributed by atoms with E-state index in [2.05, 4.69) is 10.3 Å². The number of benzene rings is 1. The van der Waals surface area contributed by atoms with E-state index in [9.17, 15) is 19.5 Å². The molecule has 6 nitrogen and oxygen atoms in total. The smallest absolute Gasteiger partial charge is 0.330 e. The monoisotopic (exact) mass is 286 g/mol. The van der Waals surface area contributed by atoms with Crippen LogP contribution in [-0.2, 0) is 4.79 Å². The summed E-state index contributed by atoms with van der Waals surface area (Å²) in [4.78, 5) is 37.9. The molecule has 108 valence electrons. The van der Waals surface area contributed by atoms with Crippen LogP contribution in [0.1, 0.15) is 27.7 Å². The van der Waals surface area contributed by atoms with Gasteiger partial charge in [0.15, 0.2) is 11.5 Å². The van der Waals surface area contributed by atoms with Crippen molar-refractivity contribution in [1.82, 2.24) is 10.3 Å². The molecule has 21 heavy (non-hydrogen) atoms. The number of H-pyrrole nitrogens is 1. The van der Waals surface area contributed by atoms with Crippen molar-refractivity contribution in [3.8, 4) is 0 Å². The van der Waals surface area contributed by atoms with Crippen molar-refractivity contribution in [1.29, 1.82) is 0 Å². The van der Waals surface area contributed by atoms with Crippen molar-refractivity contribution < 1.29 is 14.7 Å². The molecule has 0 saturated heterocycles. The fourth-order valence-corrected chi connectivity index (χ4v) is 1.89. The fraction of sp³-hybridized carbons (Fsp3) is 0.133. The lowest BCUT2D eigenvalue weighted by atomic mass is 10.1. The molecular weight excluding hydrogens is 272 g/mol. The zero-order chi connectivity index (χ0) is 15.4. The predicted molar refractivity (Wildman–Crippen MR) is 76.1 cm³/mol. The first kappa shape index (κ1) is 14.5. The molecule has 6 heteroatoms. The van der Waals surface area contributed by atoms with E-state index in [1.165, 1.54) is 12.3 Å². The van der Waals surface area contributed by atoms with Crippen molar-refractivity contribution in [2.24, 2.45) is 0 Å². The number of carboxylic acid groups (broad SMARTS) is 1. The molecule has 1 heterocycles. The maximum atomic E-state index is 12.1. The van der Waals surface area contributed by atoms with Gasteiger partial charge in [0.2, 0.25) is 0 Å². The third kappa shape index (κ3) is 3.36. The Morgan fingerprint density at radius 1 is 1.24 bits per heavy atom. The van der Waals surface area contributed by atoms with E-state index in [0.717, 1.165) is 0 Å². The topological polar surface area (TPSA) is 99.3 Å². The maximum Gasteiger partial charge on any atom is 0.330 e. The van der Waals surface area contributed by atoms with E-state index in [-0.39, 0.29) is 5.56 Å². The van der Waals surface area contributed by atoms with Gasteiger partial charge < -0.3 is 15.4 Å². The Hall–Kier alpha value is -2.89. The van der Waals surface area contributed by atoms with E-state index in [1.54, 1.807) is 37.3 Å². The summed E-state index contributed by atoms with van der Waals surface area (Å²) in [5, 5.41) is 11.6. The number of nitrogens with one attached hydrogen (secondary N) is 2. The number of carbonyl (C=O) groups is 2. The summed E-state index contributed by atoms with van der Waals surface area (Å²) in [6, 6.07) is 8.37. The summed E-state index contributed by atoms with van der Waals surface area (Å²) in [6.07, 6.45) is 1.27. The highest BCUT2D eigenvalue weighted by molar-refractivity contribution is 5.96. The molecule has 1 aromatic carbocycles. The maximum absolute atomic E-state index is 12.1. The van der Waals surface area contributed by atoms with Gasteiger partial charge in [-0.2, -0.15) is 0 Å². The number of carboxylic acids is 1. The molecule has 0 saturated carbocycles. The summed E-state index contributed by atoms with van der Waals surface area (Å²) in [5.74, 6) is -1.93. The zero-order valence-corrected chi connectivity index (χ0v) is 11.3. The van der Waals surface area contributed by atoms with Crippen LogP contribution in [0.4, 0.5) is 0 Å². The van der Waals surface area contributed by atoms with Crippen LogP contribution in [0, 0.1) is 6.92 Å². The normalized spacial score (nSPS) is 11.7. The average molecular weight is 286 g/mol. The van der Waals surface area contributed by atoms with Gasteiger partial charge in [0.1, 0.15) is 5.56 Å². The minimum atomic E-state index is -1.21. The molecule has 0 bridgehead atoms. The minimum Gasteiger partial charge on any atom is -0.479 e. The number of rotatable bonds is 4. The van der Waals surface area contributed by atoms with Crippen molar-refractivity contribution in [3.63, 3.8) is 0 Å². The predicted octanol–water partition coefficient (Wildman–Crippen LogP) is 1.24. The number of pyridine rings is 1. The third-order valence-electron chi connectivity index (χ3n) is 2.96. The third-order valence-corrected chi connectivity index (χ3v) is 2.96. The Labute approximate surface area is 120 Å². The van der Waals surface area contributed by atoms with Crippen LogP contribution in [0.3, 0.4) is 0 Å². The molecular formula is C15H14N2O4. The first-order valence-electron chi connectivity index (χ1n) is 6.27. The molecule has 0 aliphatic carbocycles. The molecule has 0 radical (unpaired) electrons. The van der Waals surface area contributed by atoms with Crippen LogP contribution >= 0.6 is 0 Å². The van der Waals surface area contributed by atoms with E-state index < -0.39 is 23.3 Å². The van der Waals surface area contributed by atoms with E-state index >= 15 is 0 Å². The van der Waals surface area contributed by atoms with Gasteiger partial charge in [0.25, 0.3) is 5.91 Å². The summed E-state index contributed by atoms with van der Waals surface area (Å²) in [6.45, 7) is 1.69. The summed E-state index contributed by atoms with van der Waals surface area (Å²) in [5.41, 5.74) is 0.472. The largest absolute Gasteiger partial charge is 0.479 e. The number of aromatic amines is 1. The highest BCUT2D eigenvalue weighted by Gasteiger charge is 2.23. The molecule has 3 N–H and O–H groups in total. The summed E-state index contributed by atoms with van der Waals surface area (Å²) < 4.78 is 0. The van der Waals surface area contributed by atoms with E-state index in [4.69, 9.17) is 0 Å². The van der Waals surface area contributed by atoms with Gasteiger partial charge in [-0.15, -0.1) is 0 Å². The van der Waals surface area contributed by atoms with Crippen molar-refractivity contribution >= 4 is 11.9 Å². The lowest BCUT2D eigenvalue weighted by molar-refractivity contribution is -0.139. The summed E-state index contributed by atoms with van der Waals surface area (Å²) >= 11 is 0. The molecule has 1 amide bonds. The van der Waals surface area contributed by atoms with Gasteiger partial charge in [-0.05, 0) is 12.5 Å². The quantitative estimate of drug-likeness (QED) is 0.787. The van der Waals surface area contributed by atoms with Gasteiger partial charge in [0, 0.05) is 18.0 Å². The number of aryl methyl sites for hydroxylation is 1. The standard InChI is InChI=1S/C15H14N2O4/c1-9-7-12(18)11(8-16-9)14(19)17-13(15(20)21)10-5-3-2-4-6-10/h2-8,13H,1H3,(H,16,18)(H,17,19)(H,20,21). The van der Waals surface area contributed by atoms with Gasteiger partial charge in [-0.3, -0.25) is 9.59 Å². The molecule has 1 unspecified atom stereocenters. The zero-order valence-electron chi connectivity index (χ0n) is 11.3. The van der Waals surface area contributed by atoms with Gasteiger partial charge in [-0.25, -0.2) is 4.79 Å². The SMILES string of the molecule is Cc1cc(=O)c(C(=O)NC(C(=O)O)c2ccccc2)c[nH]1. The van der Waals surface area contributed by atoms with Gasteiger partial charge >= 0.3 is 5.97 Å². The first-order chi connectivity index (χ1) is 9.99. The second-order valence-corrected chi connectivity index (χ2v) is 4.55. The van der Waals surface area contributed by atoms with E-state index in [1.807, 2.05) is 0 Å². The number of hydrogen-bond donors (Lipinski definition) is 3. The number of amides is 1. The molecule has 2 aromatic rings. The van der Waals surface area contributed by atoms with Crippen LogP contribution in [0.5, 0.6) is 0 Å². The molecule has 2 rings (SSSR count). The minimum absolute atomic E-state index is 0.122. The van der Waals surface area contributed by atoms with Crippen LogP contribution in [-0.4, -0.2) is 22.0 Å². The highest BCUT2D eigenvalue weighted by atomic mass is 16.4. The number of aromatic nitrogens is 1. The second kappa shape index (κ2) is 6.04. The van der Waals surface area contributed by atoms with Crippen molar-refractivity contribution in [3.05, 3.63) is 69.6 Å². The fourth-order valence-electron chi connectivity index (χ4n) is 1.89. The highest BCUT2D eigenvalue weighted by Crippen LogP contribution is 2.13. The first-order valence-corrected chi connectivity index (χ1v) is 6.27. The Bertz CT molecular complexity index is 722. The lowest BCUT2D eigenvalue weighted by Crippen LogP contribution is -2.36. The van der Waals surface area contributed by atoms with Crippen LogP contribution < -0.4 is 10.7 Å². The number of hydrogen-bond acceptors (Lipinski definition) is 3. The van der Waals surface area contributed by atoms with Crippen molar-refractivity contribution in [2.45, 2.75) is 13.0 Å². The van der Waals surface area contributed by atoms with Crippen LogP contribution in [0.15, 0.2) is 47.4 Å². The summed E-state index contributed by atoms with van der Waals surface area (Å²) in [7, 11) is 0. The average Bonchev–Trinajstić information content (AvgIpc) is 2.45. The second-order valence-electron chi connectivity index (χ2n) is 4.55. The molecule has 1 aromatic heterocycles. The Morgan fingerprint density at radius 2 is 1.90 bits per heavy atom. The van der Waals surface area contributed by atoms with Crippen LogP contribution in [0.2, 0.25) is 0 Å². The van der Waals surface area contributed by atoms with Crippen molar-refractivity contribution in [2.75, 3.05) is 0 Å².